The molecule has 1 aliphatic carbocycles. The Kier molecular flexibility index (Phi) is 5.27. The Bertz CT molecular complexity index is 800. The normalized spacial score (nSPS) is 16.4. The van der Waals surface area contributed by atoms with E-state index in [0.717, 1.165) is 23.4 Å². The first kappa shape index (κ1) is 17.7. The molecular formula is C18H16ClF3N2O. The van der Waals surface area contributed by atoms with Crippen molar-refractivity contribution in [1.82, 2.24) is 9.88 Å². The largest absolute Gasteiger partial charge is 0.334 e. The summed E-state index contributed by atoms with van der Waals surface area (Å²) in [5, 5.41) is 0. The molecule has 25 heavy (non-hydrogen) atoms. The predicted octanol–water partition coefficient (Wildman–Crippen LogP) is 3.62. The van der Waals surface area contributed by atoms with Crippen molar-refractivity contribution in [1.29, 1.82) is 0 Å². The number of rotatable bonds is 4. The van der Waals surface area contributed by atoms with Crippen LogP contribution in [0.25, 0.3) is 0 Å². The molecule has 2 aromatic rings. The molecule has 1 aromatic carbocycles. The number of aromatic nitrogens is 1. The molecule has 1 unspecified atom stereocenters. The first-order chi connectivity index (χ1) is 12.0. The van der Waals surface area contributed by atoms with Gasteiger partial charge in [0.05, 0.1) is 6.54 Å². The van der Waals surface area contributed by atoms with E-state index in [1.54, 1.807) is 12.3 Å². The molecule has 0 saturated heterocycles. The van der Waals surface area contributed by atoms with Gasteiger partial charge >= 0.3 is 0 Å². The minimum absolute atomic E-state index is 0.273. The van der Waals surface area contributed by atoms with Crippen LogP contribution >= 0.6 is 11.6 Å². The van der Waals surface area contributed by atoms with E-state index in [4.69, 9.17) is 11.6 Å². The lowest BCUT2D eigenvalue weighted by molar-refractivity contribution is -0.131. The van der Waals surface area contributed by atoms with Crippen molar-refractivity contribution in [3.05, 3.63) is 64.7 Å². The summed E-state index contributed by atoms with van der Waals surface area (Å²) in [5.74, 6) is -4.06. The van der Waals surface area contributed by atoms with Crippen LogP contribution in [0.3, 0.4) is 0 Å². The van der Waals surface area contributed by atoms with Crippen molar-refractivity contribution >= 4 is 17.5 Å². The summed E-state index contributed by atoms with van der Waals surface area (Å²) >= 11 is 5.68. The Morgan fingerprint density at radius 1 is 1.24 bits per heavy atom. The van der Waals surface area contributed by atoms with Crippen molar-refractivity contribution in [2.75, 3.05) is 5.88 Å². The van der Waals surface area contributed by atoms with Gasteiger partial charge in [-0.15, -0.1) is 11.6 Å². The summed E-state index contributed by atoms with van der Waals surface area (Å²) in [4.78, 5) is 17.9. The molecule has 0 radical (unpaired) electrons. The number of alkyl halides is 1. The second-order valence-corrected chi connectivity index (χ2v) is 6.25. The van der Waals surface area contributed by atoms with Crippen molar-refractivity contribution in [3.63, 3.8) is 0 Å². The smallest absolute Gasteiger partial charge is 0.238 e. The van der Waals surface area contributed by atoms with Crippen LogP contribution < -0.4 is 0 Å². The number of carbonyl (C=O) groups is 1. The van der Waals surface area contributed by atoms with Crippen LogP contribution in [-0.2, 0) is 24.2 Å². The molecule has 0 bridgehead atoms. The fourth-order valence-electron chi connectivity index (χ4n) is 3.19. The van der Waals surface area contributed by atoms with Crippen molar-refractivity contribution < 1.29 is 18.0 Å². The van der Waals surface area contributed by atoms with E-state index in [9.17, 15) is 18.0 Å². The van der Waals surface area contributed by atoms with Gasteiger partial charge in [0, 0.05) is 23.5 Å². The molecule has 7 heteroatoms. The first-order valence-corrected chi connectivity index (χ1v) is 8.45. The average molecular weight is 369 g/mol. The lowest BCUT2D eigenvalue weighted by Crippen LogP contribution is -2.44. The van der Waals surface area contributed by atoms with E-state index in [1.165, 1.54) is 4.90 Å². The topological polar surface area (TPSA) is 33.2 Å². The molecule has 0 aliphatic heterocycles. The van der Waals surface area contributed by atoms with Crippen LogP contribution in [0.5, 0.6) is 0 Å². The number of carbonyl (C=O) groups excluding carboxylic acids is 1. The summed E-state index contributed by atoms with van der Waals surface area (Å²) in [5.41, 5.74) is 1.49. The number of nitrogens with zero attached hydrogens (tertiary/aromatic N) is 2. The van der Waals surface area contributed by atoms with Crippen molar-refractivity contribution in [2.45, 2.75) is 31.8 Å². The van der Waals surface area contributed by atoms with Gasteiger partial charge in [0.25, 0.3) is 0 Å². The minimum Gasteiger partial charge on any atom is -0.334 e. The van der Waals surface area contributed by atoms with Gasteiger partial charge in [-0.1, -0.05) is 6.07 Å². The molecule has 1 aromatic heterocycles. The van der Waals surface area contributed by atoms with Crippen LogP contribution in [0.2, 0.25) is 0 Å². The maximum atomic E-state index is 14.0. The number of halogens is 4. The molecule has 0 spiro atoms. The van der Waals surface area contributed by atoms with E-state index in [0.29, 0.717) is 19.3 Å². The number of hydrogen-bond acceptors (Lipinski definition) is 2. The molecule has 0 fully saturated rings. The number of fused-ring (bicyclic) bond motifs is 1. The number of aryl methyl sites for hydroxylation is 1. The van der Waals surface area contributed by atoms with Gasteiger partial charge in [0.2, 0.25) is 5.91 Å². The maximum absolute atomic E-state index is 14.0. The summed E-state index contributed by atoms with van der Waals surface area (Å²) in [6, 6.07) is 5.04. The Morgan fingerprint density at radius 2 is 2.00 bits per heavy atom. The van der Waals surface area contributed by atoms with E-state index in [-0.39, 0.29) is 18.5 Å². The number of pyridine rings is 1. The zero-order valence-corrected chi connectivity index (χ0v) is 14.1. The third kappa shape index (κ3) is 3.63. The first-order valence-electron chi connectivity index (χ1n) is 7.91. The highest BCUT2D eigenvalue weighted by Crippen LogP contribution is 2.26. The van der Waals surface area contributed by atoms with Crippen LogP contribution in [0.15, 0.2) is 30.5 Å². The zero-order chi connectivity index (χ0) is 18.0. The molecule has 1 heterocycles. The lowest BCUT2D eigenvalue weighted by Gasteiger charge is -2.35. The number of amides is 1. The molecular weight excluding hydrogens is 353 g/mol. The molecule has 1 aliphatic rings. The molecule has 0 N–H and O–H groups in total. The highest BCUT2D eigenvalue weighted by atomic mass is 35.5. The minimum atomic E-state index is -1.27. The third-order valence-corrected chi connectivity index (χ3v) is 4.73. The van der Waals surface area contributed by atoms with Gasteiger partial charge in [-0.05, 0) is 43.0 Å². The monoisotopic (exact) mass is 368 g/mol. The molecule has 1 atom stereocenters. The van der Waals surface area contributed by atoms with E-state index in [1.807, 2.05) is 6.07 Å². The predicted molar refractivity (Wildman–Crippen MR) is 87.6 cm³/mol. The third-order valence-electron chi connectivity index (χ3n) is 4.50. The average Bonchev–Trinajstić information content (AvgIpc) is 2.64. The Balaban J connectivity index is 1.90. The van der Waals surface area contributed by atoms with Crippen LogP contribution in [-0.4, -0.2) is 27.7 Å². The summed E-state index contributed by atoms with van der Waals surface area (Å²) in [6.45, 7) is -0.360. The molecule has 3 nitrogen and oxygen atoms in total. The summed E-state index contributed by atoms with van der Waals surface area (Å²) in [6.07, 6.45) is 3.48. The van der Waals surface area contributed by atoms with Crippen LogP contribution in [0.1, 0.15) is 23.2 Å². The van der Waals surface area contributed by atoms with E-state index in [2.05, 4.69) is 4.98 Å². The molecule has 3 rings (SSSR count). The quantitative estimate of drug-likeness (QED) is 0.610. The van der Waals surface area contributed by atoms with Gasteiger partial charge in [-0.3, -0.25) is 9.78 Å². The fourth-order valence-corrected chi connectivity index (χ4v) is 3.34. The zero-order valence-electron chi connectivity index (χ0n) is 13.3. The highest BCUT2D eigenvalue weighted by Gasteiger charge is 2.29. The summed E-state index contributed by atoms with van der Waals surface area (Å²) < 4.78 is 41.4. The van der Waals surface area contributed by atoms with Crippen molar-refractivity contribution in [2.24, 2.45) is 0 Å². The Labute approximate surface area is 148 Å². The van der Waals surface area contributed by atoms with Crippen LogP contribution in [0.4, 0.5) is 13.2 Å². The van der Waals surface area contributed by atoms with Gasteiger partial charge in [-0.2, -0.15) is 0 Å². The maximum Gasteiger partial charge on any atom is 0.238 e. The van der Waals surface area contributed by atoms with E-state index >= 15 is 0 Å². The fraction of sp³-hybridized carbons (Fsp3) is 0.333. The summed E-state index contributed by atoms with van der Waals surface area (Å²) in [7, 11) is 0. The number of benzene rings is 1. The van der Waals surface area contributed by atoms with Gasteiger partial charge < -0.3 is 4.90 Å². The molecule has 0 saturated carbocycles. The van der Waals surface area contributed by atoms with E-state index < -0.39 is 28.9 Å². The Hall–Kier alpha value is -2.08. The van der Waals surface area contributed by atoms with Gasteiger partial charge in [0.15, 0.2) is 11.6 Å². The standard InChI is InChI=1S/C18H16ClF3N2O/c19-9-17(25)24(10-13-14(20)4-5-15(21)18(13)22)12-3-6-16-11(8-12)2-1-7-23-16/h1-2,4-5,7,12H,3,6,8-10H2. The Morgan fingerprint density at radius 3 is 2.76 bits per heavy atom. The van der Waals surface area contributed by atoms with Crippen LogP contribution in [0, 0.1) is 17.5 Å². The second kappa shape index (κ2) is 7.44. The lowest BCUT2D eigenvalue weighted by atomic mass is 9.90. The van der Waals surface area contributed by atoms with Gasteiger partial charge in [0.1, 0.15) is 11.7 Å². The van der Waals surface area contributed by atoms with Gasteiger partial charge in [-0.25, -0.2) is 13.2 Å². The highest BCUT2D eigenvalue weighted by molar-refractivity contribution is 6.27. The van der Waals surface area contributed by atoms with Crippen molar-refractivity contribution in [3.8, 4) is 0 Å². The molecule has 132 valence electrons. The molecule has 1 amide bonds. The second-order valence-electron chi connectivity index (χ2n) is 5.98. The number of hydrogen-bond donors (Lipinski definition) is 0. The SMILES string of the molecule is O=C(CCl)N(Cc1c(F)ccc(F)c1F)C1CCc2ncccc2C1.